The van der Waals surface area contributed by atoms with Crippen LogP contribution in [-0.4, -0.2) is 42.2 Å². The van der Waals surface area contributed by atoms with Crippen molar-refractivity contribution in [1.29, 1.82) is 0 Å². The Labute approximate surface area is 99.4 Å². The number of nitrogen functional groups attached to an aromatic ring is 1. The van der Waals surface area contributed by atoms with E-state index < -0.39 is 0 Å². The normalized spacial score (nSPS) is 26.6. The van der Waals surface area contributed by atoms with E-state index >= 15 is 0 Å². The Kier molecular flexibility index (Phi) is 2.83. The first-order chi connectivity index (χ1) is 7.83. The summed E-state index contributed by atoms with van der Waals surface area (Å²) >= 11 is 1.66. The SMILES string of the molecule is Nc1nc2c(s1)CCC(N1CCOCC1)C2. The molecule has 0 bridgehead atoms. The molecule has 2 heterocycles. The van der Waals surface area contributed by atoms with Crippen molar-refractivity contribution in [3.05, 3.63) is 10.6 Å². The molecule has 16 heavy (non-hydrogen) atoms. The molecule has 1 aliphatic carbocycles. The molecule has 88 valence electrons. The van der Waals surface area contributed by atoms with Crippen molar-refractivity contribution in [3.63, 3.8) is 0 Å². The first kappa shape index (κ1) is 10.5. The van der Waals surface area contributed by atoms with Crippen LogP contribution in [0, 0.1) is 0 Å². The second kappa shape index (κ2) is 4.31. The van der Waals surface area contributed by atoms with E-state index in [1.165, 1.54) is 17.0 Å². The standard InChI is InChI=1S/C11H17N3OS/c12-11-13-9-7-8(1-2-10(9)16-11)14-3-5-15-6-4-14/h8H,1-7H2,(H2,12,13). The van der Waals surface area contributed by atoms with Gasteiger partial charge in [-0.2, -0.15) is 0 Å². The van der Waals surface area contributed by atoms with Gasteiger partial charge >= 0.3 is 0 Å². The topological polar surface area (TPSA) is 51.4 Å². The van der Waals surface area contributed by atoms with E-state index in [9.17, 15) is 0 Å². The molecule has 0 spiro atoms. The molecule has 3 rings (SSSR count). The molecule has 0 amide bonds. The Morgan fingerprint density at radius 1 is 1.38 bits per heavy atom. The smallest absolute Gasteiger partial charge is 0.180 e. The number of nitrogens with two attached hydrogens (primary N) is 1. The van der Waals surface area contributed by atoms with Gasteiger partial charge in [0.1, 0.15) is 0 Å². The second-order valence-electron chi connectivity index (χ2n) is 4.47. The summed E-state index contributed by atoms with van der Waals surface area (Å²) in [6, 6.07) is 0.651. The van der Waals surface area contributed by atoms with Crippen molar-refractivity contribution in [2.75, 3.05) is 32.0 Å². The highest BCUT2D eigenvalue weighted by Gasteiger charge is 2.27. The van der Waals surface area contributed by atoms with Gasteiger partial charge in [0.15, 0.2) is 5.13 Å². The third kappa shape index (κ3) is 1.95. The van der Waals surface area contributed by atoms with Gasteiger partial charge < -0.3 is 10.5 Å². The number of thiazole rings is 1. The van der Waals surface area contributed by atoms with Gasteiger partial charge in [0.25, 0.3) is 0 Å². The highest BCUT2D eigenvalue weighted by atomic mass is 32.1. The molecular weight excluding hydrogens is 222 g/mol. The molecule has 1 saturated heterocycles. The highest BCUT2D eigenvalue weighted by Crippen LogP contribution is 2.30. The Morgan fingerprint density at radius 2 is 2.19 bits per heavy atom. The summed E-state index contributed by atoms with van der Waals surface area (Å²) in [6.07, 6.45) is 3.46. The monoisotopic (exact) mass is 239 g/mol. The Morgan fingerprint density at radius 3 is 3.00 bits per heavy atom. The van der Waals surface area contributed by atoms with Crippen molar-refractivity contribution in [1.82, 2.24) is 9.88 Å². The van der Waals surface area contributed by atoms with Crippen LogP contribution in [0.1, 0.15) is 17.0 Å². The molecule has 1 fully saturated rings. The Hall–Kier alpha value is -0.650. The predicted molar refractivity (Wildman–Crippen MR) is 64.7 cm³/mol. The number of rotatable bonds is 1. The van der Waals surface area contributed by atoms with Gasteiger partial charge in [0.05, 0.1) is 18.9 Å². The molecule has 1 aromatic rings. The molecular formula is C11H17N3OS. The summed E-state index contributed by atoms with van der Waals surface area (Å²) in [5.74, 6) is 0. The lowest BCUT2D eigenvalue weighted by atomic mass is 9.96. The Balaban J connectivity index is 1.71. The number of morpholine rings is 1. The number of aryl methyl sites for hydroxylation is 1. The average Bonchev–Trinajstić information content (AvgIpc) is 2.69. The molecule has 1 atom stereocenters. The van der Waals surface area contributed by atoms with Gasteiger partial charge in [0, 0.05) is 30.4 Å². The molecule has 1 aliphatic heterocycles. The third-order valence-corrected chi connectivity index (χ3v) is 4.48. The number of aromatic nitrogens is 1. The number of hydrogen-bond acceptors (Lipinski definition) is 5. The minimum Gasteiger partial charge on any atom is -0.379 e. The van der Waals surface area contributed by atoms with E-state index in [1.807, 2.05) is 0 Å². The van der Waals surface area contributed by atoms with E-state index in [2.05, 4.69) is 9.88 Å². The zero-order valence-electron chi connectivity index (χ0n) is 9.32. The lowest BCUT2D eigenvalue weighted by molar-refractivity contribution is 0.0136. The predicted octanol–water partition coefficient (Wildman–Crippen LogP) is 0.915. The van der Waals surface area contributed by atoms with Gasteiger partial charge in [-0.05, 0) is 12.8 Å². The zero-order chi connectivity index (χ0) is 11.0. The minimum atomic E-state index is 0.651. The van der Waals surface area contributed by atoms with Crippen LogP contribution >= 0.6 is 11.3 Å². The molecule has 1 unspecified atom stereocenters. The highest BCUT2D eigenvalue weighted by molar-refractivity contribution is 7.15. The summed E-state index contributed by atoms with van der Waals surface area (Å²) in [6.45, 7) is 3.89. The molecule has 0 saturated carbocycles. The number of nitrogens with zero attached hydrogens (tertiary/aromatic N) is 2. The van der Waals surface area contributed by atoms with Crippen molar-refractivity contribution in [2.24, 2.45) is 0 Å². The third-order valence-electron chi connectivity index (χ3n) is 3.49. The van der Waals surface area contributed by atoms with E-state index in [-0.39, 0.29) is 0 Å². The van der Waals surface area contributed by atoms with Crippen LogP contribution in [0.5, 0.6) is 0 Å². The van der Waals surface area contributed by atoms with Crippen LogP contribution < -0.4 is 5.73 Å². The molecule has 5 heteroatoms. The van der Waals surface area contributed by atoms with Crippen LogP contribution in [0.15, 0.2) is 0 Å². The van der Waals surface area contributed by atoms with E-state index in [1.54, 1.807) is 11.3 Å². The summed E-state index contributed by atoms with van der Waals surface area (Å²) < 4.78 is 5.39. The summed E-state index contributed by atoms with van der Waals surface area (Å²) in [5, 5.41) is 0.729. The lowest BCUT2D eigenvalue weighted by Gasteiger charge is -2.36. The van der Waals surface area contributed by atoms with Gasteiger partial charge in [-0.1, -0.05) is 0 Å². The second-order valence-corrected chi connectivity index (χ2v) is 5.58. The van der Waals surface area contributed by atoms with Crippen LogP contribution in [0.3, 0.4) is 0 Å². The van der Waals surface area contributed by atoms with E-state index in [4.69, 9.17) is 10.5 Å². The van der Waals surface area contributed by atoms with Crippen LogP contribution in [0.2, 0.25) is 0 Å². The number of hydrogen-bond donors (Lipinski definition) is 1. The van der Waals surface area contributed by atoms with Crippen molar-refractivity contribution in [3.8, 4) is 0 Å². The fourth-order valence-electron chi connectivity index (χ4n) is 2.64. The largest absolute Gasteiger partial charge is 0.379 e. The van der Waals surface area contributed by atoms with Crippen molar-refractivity contribution in [2.45, 2.75) is 25.3 Å². The molecule has 2 N–H and O–H groups in total. The molecule has 1 aromatic heterocycles. The van der Waals surface area contributed by atoms with Gasteiger partial charge in [-0.25, -0.2) is 4.98 Å². The maximum absolute atomic E-state index is 5.76. The maximum Gasteiger partial charge on any atom is 0.180 e. The fourth-order valence-corrected chi connectivity index (χ4v) is 3.51. The lowest BCUT2D eigenvalue weighted by Crippen LogP contribution is -2.45. The molecule has 0 radical (unpaired) electrons. The molecule has 0 aromatic carbocycles. The number of anilines is 1. The zero-order valence-corrected chi connectivity index (χ0v) is 10.1. The van der Waals surface area contributed by atoms with E-state index in [0.29, 0.717) is 6.04 Å². The average molecular weight is 239 g/mol. The van der Waals surface area contributed by atoms with Gasteiger partial charge in [-0.3, -0.25) is 4.90 Å². The maximum atomic E-state index is 5.76. The summed E-state index contributed by atoms with van der Waals surface area (Å²) in [7, 11) is 0. The number of fused-ring (bicyclic) bond motifs is 1. The quantitative estimate of drug-likeness (QED) is 0.791. The van der Waals surface area contributed by atoms with Crippen molar-refractivity contribution < 1.29 is 4.74 Å². The van der Waals surface area contributed by atoms with Crippen molar-refractivity contribution >= 4 is 16.5 Å². The van der Waals surface area contributed by atoms with E-state index in [0.717, 1.165) is 44.3 Å². The first-order valence-corrected chi connectivity index (χ1v) is 6.70. The number of ether oxygens (including phenoxy) is 1. The Bertz CT molecular complexity index is 373. The van der Waals surface area contributed by atoms with Crippen LogP contribution in [0.25, 0.3) is 0 Å². The van der Waals surface area contributed by atoms with Gasteiger partial charge in [0.2, 0.25) is 0 Å². The first-order valence-electron chi connectivity index (χ1n) is 5.89. The van der Waals surface area contributed by atoms with Gasteiger partial charge in [-0.15, -0.1) is 11.3 Å². The molecule has 2 aliphatic rings. The molecule has 4 nitrogen and oxygen atoms in total. The fraction of sp³-hybridized carbons (Fsp3) is 0.727. The summed E-state index contributed by atoms with van der Waals surface area (Å²) in [5.41, 5.74) is 7.00. The van der Waals surface area contributed by atoms with Crippen LogP contribution in [-0.2, 0) is 17.6 Å². The van der Waals surface area contributed by atoms with Crippen LogP contribution in [0.4, 0.5) is 5.13 Å². The summed E-state index contributed by atoms with van der Waals surface area (Å²) in [4.78, 5) is 8.38. The minimum absolute atomic E-state index is 0.651.